The molecule has 2 amide bonds. The molecule has 6 heteroatoms. The number of carbonyl (C=O) groups is 2. The van der Waals surface area contributed by atoms with E-state index in [4.69, 9.17) is 11.0 Å². The predicted octanol–water partition coefficient (Wildman–Crippen LogP) is 3.00. The average molecular weight is 378 g/mol. The van der Waals surface area contributed by atoms with E-state index < -0.39 is 5.91 Å². The summed E-state index contributed by atoms with van der Waals surface area (Å²) < 4.78 is 0. The molecular formula is C22H26N4O2. The number of benzene rings is 2. The van der Waals surface area contributed by atoms with Crippen molar-refractivity contribution in [2.75, 3.05) is 18.4 Å². The van der Waals surface area contributed by atoms with Crippen LogP contribution in [0.4, 0.5) is 5.69 Å². The topological polar surface area (TPSA) is 99.2 Å². The normalized spacial score (nSPS) is 11.6. The molecule has 6 nitrogen and oxygen atoms in total. The van der Waals surface area contributed by atoms with Gasteiger partial charge in [0.1, 0.15) is 0 Å². The van der Waals surface area contributed by atoms with E-state index in [-0.39, 0.29) is 25.0 Å². The van der Waals surface area contributed by atoms with E-state index in [0.717, 1.165) is 18.4 Å². The molecule has 2 aromatic rings. The zero-order chi connectivity index (χ0) is 20.5. The molecule has 0 spiro atoms. The fourth-order valence-electron chi connectivity index (χ4n) is 3.04. The molecule has 3 N–H and O–H groups in total. The molecule has 0 aliphatic rings. The second-order valence-corrected chi connectivity index (χ2v) is 6.78. The van der Waals surface area contributed by atoms with Crippen LogP contribution >= 0.6 is 0 Å². The van der Waals surface area contributed by atoms with Gasteiger partial charge in [-0.1, -0.05) is 43.7 Å². The summed E-state index contributed by atoms with van der Waals surface area (Å²) in [6.45, 7) is 4.07. The van der Waals surface area contributed by atoms with Gasteiger partial charge >= 0.3 is 0 Å². The van der Waals surface area contributed by atoms with Crippen LogP contribution in [0.3, 0.4) is 0 Å². The summed E-state index contributed by atoms with van der Waals surface area (Å²) in [6, 6.07) is 16.8. The van der Waals surface area contributed by atoms with Crippen LogP contribution in [-0.4, -0.2) is 29.8 Å². The first-order valence-corrected chi connectivity index (χ1v) is 9.34. The number of nitriles is 1. The van der Waals surface area contributed by atoms with Crippen LogP contribution in [0.25, 0.3) is 0 Å². The standard InChI is InChI=1S/C22H26N4O2/c1-3-5-17-8-10-19(11-9-17)16(2)26(14-21(24)27)15-22(28)25-20-7-4-6-18(12-20)13-23/h4,6-12,16H,3,5,14-15H2,1-2H3,(H2,24,27)(H,25,28)/t16-/m0/s1. The van der Waals surface area contributed by atoms with Crippen LogP contribution < -0.4 is 11.1 Å². The minimum Gasteiger partial charge on any atom is -0.369 e. The Kier molecular flexibility index (Phi) is 7.73. The van der Waals surface area contributed by atoms with Gasteiger partial charge in [-0.2, -0.15) is 5.26 Å². The summed E-state index contributed by atoms with van der Waals surface area (Å²) in [7, 11) is 0. The van der Waals surface area contributed by atoms with Gasteiger partial charge in [-0.3, -0.25) is 14.5 Å². The molecule has 2 aromatic carbocycles. The van der Waals surface area contributed by atoms with Gasteiger partial charge in [0.2, 0.25) is 11.8 Å². The molecule has 0 saturated heterocycles. The maximum Gasteiger partial charge on any atom is 0.238 e. The SMILES string of the molecule is CCCc1ccc([C@H](C)N(CC(N)=O)CC(=O)Nc2cccc(C#N)c2)cc1. The quantitative estimate of drug-likeness (QED) is 0.700. The molecule has 2 rings (SSSR count). The summed E-state index contributed by atoms with van der Waals surface area (Å²) in [6.07, 6.45) is 2.10. The fourth-order valence-corrected chi connectivity index (χ4v) is 3.04. The number of hydrogen-bond donors (Lipinski definition) is 2. The van der Waals surface area contributed by atoms with Crippen LogP contribution in [0, 0.1) is 11.3 Å². The second-order valence-electron chi connectivity index (χ2n) is 6.78. The number of nitrogens with zero attached hydrogens (tertiary/aromatic N) is 2. The summed E-state index contributed by atoms with van der Waals surface area (Å²) in [5.74, 6) is -0.764. The first kappa shape index (κ1) is 21.1. The Morgan fingerprint density at radius 3 is 2.50 bits per heavy atom. The molecule has 0 radical (unpaired) electrons. The fraction of sp³-hybridized carbons (Fsp3) is 0.318. The zero-order valence-electron chi connectivity index (χ0n) is 16.3. The minimum atomic E-state index is -0.492. The Labute approximate surface area is 166 Å². The number of hydrogen-bond acceptors (Lipinski definition) is 4. The maximum absolute atomic E-state index is 12.5. The van der Waals surface area contributed by atoms with E-state index in [2.05, 4.69) is 24.4 Å². The van der Waals surface area contributed by atoms with Crippen LogP contribution in [0.15, 0.2) is 48.5 Å². The van der Waals surface area contributed by atoms with Crippen molar-refractivity contribution in [3.8, 4) is 6.07 Å². The second kappa shape index (κ2) is 10.2. The van der Waals surface area contributed by atoms with E-state index in [1.54, 1.807) is 29.2 Å². The van der Waals surface area contributed by atoms with Crippen molar-refractivity contribution < 1.29 is 9.59 Å². The molecule has 0 saturated carbocycles. The summed E-state index contributed by atoms with van der Waals surface area (Å²) in [4.78, 5) is 25.7. The average Bonchev–Trinajstić information content (AvgIpc) is 2.67. The molecule has 0 aliphatic carbocycles. The molecular weight excluding hydrogens is 352 g/mol. The molecule has 146 valence electrons. The molecule has 1 atom stereocenters. The van der Waals surface area contributed by atoms with Gasteiger partial charge in [0, 0.05) is 11.7 Å². The van der Waals surface area contributed by atoms with Crippen molar-refractivity contribution in [2.45, 2.75) is 32.7 Å². The smallest absolute Gasteiger partial charge is 0.238 e. The van der Waals surface area contributed by atoms with Crippen molar-refractivity contribution >= 4 is 17.5 Å². The number of nitrogens with two attached hydrogens (primary N) is 1. The highest BCUT2D eigenvalue weighted by Gasteiger charge is 2.21. The maximum atomic E-state index is 12.5. The van der Waals surface area contributed by atoms with E-state index in [0.29, 0.717) is 11.3 Å². The van der Waals surface area contributed by atoms with E-state index >= 15 is 0 Å². The van der Waals surface area contributed by atoms with Crippen molar-refractivity contribution in [2.24, 2.45) is 5.73 Å². The highest BCUT2D eigenvalue weighted by Crippen LogP contribution is 2.21. The lowest BCUT2D eigenvalue weighted by Crippen LogP contribution is -2.40. The van der Waals surface area contributed by atoms with Crippen molar-refractivity contribution in [1.29, 1.82) is 5.26 Å². The van der Waals surface area contributed by atoms with Gasteiger partial charge in [-0.25, -0.2) is 0 Å². The van der Waals surface area contributed by atoms with Gasteiger partial charge in [-0.05, 0) is 42.7 Å². The van der Waals surface area contributed by atoms with Gasteiger partial charge < -0.3 is 11.1 Å². The third-order valence-corrected chi connectivity index (χ3v) is 4.53. The lowest BCUT2D eigenvalue weighted by molar-refractivity contribution is -0.122. The minimum absolute atomic E-state index is 0.0115. The Bertz CT molecular complexity index is 856. The molecule has 0 unspecified atom stereocenters. The Hall–Kier alpha value is -3.17. The molecule has 0 aromatic heterocycles. The van der Waals surface area contributed by atoms with Crippen LogP contribution in [0.2, 0.25) is 0 Å². The monoisotopic (exact) mass is 378 g/mol. The first-order chi connectivity index (χ1) is 13.4. The Balaban J connectivity index is 2.10. The number of anilines is 1. The number of nitrogens with one attached hydrogen (secondary N) is 1. The number of rotatable bonds is 9. The zero-order valence-corrected chi connectivity index (χ0v) is 16.3. The Morgan fingerprint density at radius 1 is 1.18 bits per heavy atom. The number of aryl methyl sites for hydroxylation is 1. The highest BCUT2D eigenvalue weighted by molar-refractivity contribution is 5.92. The van der Waals surface area contributed by atoms with Crippen LogP contribution in [-0.2, 0) is 16.0 Å². The number of amides is 2. The third-order valence-electron chi connectivity index (χ3n) is 4.53. The van der Waals surface area contributed by atoms with E-state index in [1.165, 1.54) is 5.56 Å². The van der Waals surface area contributed by atoms with Gasteiger partial charge in [0.25, 0.3) is 0 Å². The van der Waals surface area contributed by atoms with E-state index in [9.17, 15) is 9.59 Å². The van der Waals surface area contributed by atoms with E-state index in [1.807, 2.05) is 25.1 Å². The molecule has 0 aliphatic heterocycles. The first-order valence-electron chi connectivity index (χ1n) is 9.34. The van der Waals surface area contributed by atoms with Crippen molar-refractivity contribution in [3.63, 3.8) is 0 Å². The van der Waals surface area contributed by atoms with Crippen molar-refractivity contribution in [3.05, 3.63) is 65.2 Å². The lowest BCUT2D eigenvalue weighted by Gasteiger charge is -2.27. The summed E-state index contributed by atoms with van der Waals surface area (Å²) >= 11 is 0. The highest BCUT2D eigenvalue weighted by atomic mass is 16.2. The van der Waals surface area contributed by atoms with Crippen LogP contribution in [0.1, 0.15) is 43.0 Å². The molecule has 0 fully saturated rings. The number of carbonyl (C=O) groups excluding carboxylic acids is 2. The largest absolute Gasteiger partial charge is 0.369 e. The summed E-state index contributed by atoms with van der Waals surface area (Å²) in [5, 5.41) is 11.7. The predicted molar refractivity (Wildman–Crippen MR) is 109 cm³/mol. The number of primary amides is 1. The molecule has 28 heavy (non-hydrogen) atoms. The Morgan fingerprint density at radius 2 is 1.89 bits per heavy atom. The third kappa shape index (κ3) is 6.22. The van der Waals surface area contributed by atoms with Crippen LogP contribution in [0.5, 0.6) is 0 Å². The van der Waals surface area contributed by atoms with Crippen molar-refractivity contribution in [1.82, 2.24) is 4.90 Å². The molecule has 0 bridgehead atoms. The van der Waals surface area contributed by atoms with Gasteiger partial charge in [-0.15, -0.1) is 0 Å². The summed E-state index contributed by atoms with van der Waals surface area (Å²) in [5.41, 5.74) is 8.67. The molecule has 0 heterocycles. The van der Waals surface area contributed by atoms with Gasteiger partial charge in [0.05, 0.1) is 24.7 Å². The lowest BCUT2D eigenvalue weighted by atomic mass is 10.0. The van der Waals surface area contributed by atoms with Gasteiger partial charge in [0.15, 0.2) is 0 Å².